The van der Waals surface area contributed by atoms with E-state index in [1.54, 1.807) is 7.11 Å². The molecule has 0 bridgehead atoms. The maximum absolute atomic E-state index is 9.18. The van der Waals surface area contributed by atoms with Crippen LogP contribution in [0.5, 0.6) is 11.6 Å². The molecule has 0 spiro atoms. The van der Waals surface area contributed by atoms with Crippen LogP contribution < -0.4 is 4.74 Å². The largest absolute Gasteiger partial charge is 0.496 e. The van der Waals surface area contributed by atoms with Gasteiger partial charge >= 0.3 is 0 Å². The number of aromatic hydroxyl groups is 1. The minimum atomic E-state index is 0.0343. The molecule has 5 heteroatoms. The Morgan fingerprint density at radius 2 is 2.27 bits per heavy atom. The van der Waals surface area contributed by atoms with E-state index in [1.807, 2.05) is 18.2 Å². The van der Waals surface area contributed by atoms with Crippen molar-refractivity contribution in [2.75, 3.05) is 7.11 Å². The number of hydrogen-bond acceptors (Lipinski definition) is 3. The molecule has 78 valence electrons. The van der Waals surface area contributed by atoms with Gasteiger partial charge < -0.3 is 14.8 Å². The second-order valence-corrected chi connectivity index (χ2v) is 3.88. The van der Waals surface area contributed by atoms with Crippen molar-refractivity contribution >= 4 is 15.9 Å². The predicted molar refractivity (Wildman–Crippen MR) is 59.9 cm³/mol. The first-order valence-electron chi connectivity index (χ1n) is 4.28. The van der Waals surface area contributed by atoms with Gasteiger partial charge in [0.15, 0.2) is 0 Å². The van der Waals surface area contributed by atoms with E-state index in [1.165, 1.54) is 6.20 Å². The Morgan fingerprint density at radius 1 is 1.47 bits per heavy atom. The Labute approximate surface area is 95.1 Å². The lowest BCUT2D eigenvalue weighted by atomic mass is 10.2. The van der Waals surface area contributed by atoms with E-state index in [0.29, 0.717) is 11.6 Å². The molecule has 0 fully saturated rings. The van der Waals surface area contributed by atoms with E-state index in [2.05, 4.69) is 25.9 Å². The zero-order chi connectivity index (χ0) is 10.8. The summed E-state index contributed by atoms with van der Waals surface area (Å²) in [6.45, 7) is 0. The molecule has 2 aromatic rings. The Kier molecular flexibility index (Phi) is 2.64. The lowest BCUT2D eigenvalue weighted by molar-refractivity contribution is 0.416. The van der Waals surface area contributed by atoms with Crippen molar-refractivity contribution in [3.05, 3.63) is 28.9 Å². The quantitative estimate of drug-likeness (QED) is 0.880. The molecule has 0 amide bonds. The Morgan fingerprint density at radius 3 is 2.87 bits per heavy atom. The highest BCUT2D eigenvalue weighted by atomic mass is 79.9. The van der Waals surface area contributed by atoms with Crippen LogP contribution in [0.1, 0.15) is 0 Å². The van der Waals surface area contributed by atoms with Crippen molar-refractivity contribution in [3.8, 4) is 23.0 Å². The van der Waals surface area contributed by atoms with E-state index >= 15 is 0 Å². The molecular weight excluding hydrogens is 260 g/mol. The third kappa shape index (κ3) is 1.97. The number of ether oxygens (including phenoxy) is 1. The van der Waals surface area contributed by atoms with Crippen LogP contribution in [-0.2, 0) is 0 Å². The maximum atomic E-state index is 9.18. The molecule has 0 saturated carbocycles. The molecule has 0 unspecified atom stereocenters. The minimum Gasteiger partial charge on any atom is -0.496 e. The predicted octanol–water partition coefficient (Wildman–Crippen LogP) is 2.55. The zero-order valence-electron chi connectivity index (χ0n) is 7.99. The zero-order valence-corrected chi connectivity index (χ0v) is 9.58. The first-order chi connectivity index (χ1) is 7.20. The third-order valence-electron chi connectivity index (χ3n) is 1.98. The fourth-order valence-electron chi connectivity index (χ4n) is 1.31. The smallest absolute Gasteiger partial charge is 0.208 e. The molecule has 2 N–H and O–H groups in total. The molecule has 0 aliphatic heterocycles. The van der Waals surface area contributed by atoms with Crippen LogP contribution in [0.15, 0.2) is 28.9 Å². The highest BCUT2D eigenvalue weighted by Gasteiger charge is 2.09. The summed E-state index contributed by atoms with van der Waals surface area (Å²) in [5.74, 6) is 1.31. The summed E-state index contributed by atoms with van der Waals surface area (Å²) < 4.78 is 6.13. The summed E-state index contributed by atoms with van der Waals surface area (Å²) >= 11 is 3.37. The number of aromatic amines is 1. The van der Waals surface area contributed by atoms with Gasteiger partial charge in [-0.2, -0.15) is 0 Å². The number of halogens is 1. The number of aromatic nitrogens is 2. The Balaban J connectivity index is 2.55. The van der Waals surface area contributed by atoms with Gasteiger partial charge in [-0.1, -0.05) is 15.9 Å². The summed E-state index contributed by atoms with van der Waals surface area (Å²) in [7, 11) is 1.59. The molecule has 1 aromatic carbocycles. The number of H-pyrrole nitrogens is 1. The van der Waals surface area contributed by atoms with E-state index < -0.39 is 0 Å². The highest BCUT2D eigenvalue weighted by Crippen LogP contribution is 2.31. The van der Waals surface area contributed by atoms with E-state index in [4.69, 9.17) is 4.74 Å². The average molecular weight is 269 g/mol. The Bertz CT molecular complexity index is 482. The van der Waals surface area contributed by atoms with Gasteiger partial charge in [0.25, 0.3) is 0 Å². The second kappa shape index (κ2) is 3.94. The molecule has 1 heterocycles. The van der Waals surface area contributed by atoms with E-state index in [0.717, 1.165) is 10.0 Å². The van der Waals surface area contributed by atoms with Crippen LogP contribution in [0.2, 0.25) is 0 Å². The van der Waals surface area contributed by atoms with Gasteiger partial charge in [-0.05, 0) is 18.2 Å². The van der Waals surface area contributed by atoms with Crippen molar-refractivity contribution in [2.24, 2.45) is 0 Å². The van der Waals surface area contributed by atoms with Gasteiger partial charge in [0.1, 0.15) is 11.6 Å². The number of nitrogens with zero attached hydrogens (tertiary/aromatic N) is 1. The van der Waals surface area contributed by atoms with Crippen LogP contribution in [-0.4, -0.2) is 22.2 Å². The molecule has 4 nitrogen and oxygen atoms in total. The second-order valence-electron chi connectivity index (χ2n) is 2.96. The van der Waals surface area contributed by atoms with Crippen molar-refractivity contribution in [2.45, 2.75) is 0 Å². The van der Waals surface area contributed by atoms with Crippen LogP contribution in [0.3, 0.4) is 0 Å². The Hall–Kier alpha value is -1.49. The average Bonchev–Trinajstić information content (AvgIpc) is 2.65. The minimum absolute atomic E-state index is 0.0343. The van der Waals surface area contributed by atoms with Crippen molar-refractivity contribution in [3.63, 3.8) is 0 Å². The van der Waals surface area contributed by atoms with Gasteiger partial charge in [0, 0.05) is 4.47 Å². The van der Waals surface area contributed by atoms with Crippen LogP contribution in [0.25, 0.3) is 11.4 Å². The van der Waals surface area contributed by atoms with Crippen molar-refractivity contribution < 1.29 is 9.84 Å². The fourth-order valence-corrected chi connectivity index (χ4v) is 1.67. The molecule has 1 aromatic heterocycles. The number of methoxy groups -OCH3 is 1. The normalized spacial score (nSPS) is 10.3. The first kappa shape index (κ1) is 10.0. The first-order valence-corrected chi connectivity index (χ1v) is 5.08. The fraction of sp³-hybridized carbons (Fsp3) is 0.100. The van der Waals surface area contributed by atoms with Crippen LogP contribution in [0, 0.1) is 0 Å². The number of rotatable bonds is 2. The SMILES string of the molecule is COc1ccc(Br)cc1-c1ncc(O)[nH]1. The van der Waals surface area contributed by atoms with Crippen molar-refractivity contribution in [1.82, 2.24) is 9.97 Å². The molecule has 0 atom stereocenters. The van der Waals surface area contributed by atoms with E-state index in [-0.39, 0.29) is 5.88 Å². The molecule has 0 aliphatic carbocycles. The molecule has 2 rings (SSSR count). The van der Waals surface area contributed by atoms with Gasteiger partial charge in [0.2, 0.25) is 5.88 Å². The lowest BCUT2D eigenvalue weighted by Crippen LogP contribution is -1.89. The lowest BCUT2D eigenvalue weighted by Gasteiger charge is -2.06. The van der Waals surface area contributed by atoms with Crippen LogP contribution >= 0.6 is 15.9 Å². The molecule has 0 saturated heterocycles. The summed E-state index contributed by atoms with van der Waals surface area (Å²) in [6.07, 6.45) is 1.36. The molecular formula is C10H9BrN2O2. The maximum Gasteiger partial charge on any atom is 0.208 e. The summed E-state index contributed by atoms with van der Waals surface area (Å²) in [5, 5.41) is 9.18. The molecule has 0 aliphatic rings. The highest BCUT2D eigenvalue weighted by molar-refractivity contribution is 9.10. The van der Waals surface area contributed by atoms with Gasteiger partial charge in [-0.25, -0.2) is 4.98 Å². The van der Waals surface area contributed by atoms with Crippen molar-refractivity contribution in [1.29, 1.82) is 0 Å². The summed E-state index contributed by atoms with van der Waals surface area (Å²) in [4.78, 5) is 6.77. The molecule has 15 heavy (non-hydrogen) atoms. The van der Waals surface area contributed by atoms with Crippen LogP contribution in [0.4, 0.5) is 0 Å². The van der Waals surface area contributed by atoms with E-state index in [9.17, 15) is 5.11 Å². The monoisotopic (exact) mass is 268 g/mol. The van der Waals surface area contributed by atoms with Gasteiger partial charge in [-0.3, -0.25) is 0 Å². The summed E-state index contributed by atoms with van der Waals surface area (Å²) in [5.41, 5.74) is 0.798. The third-order valence-corrected chi connectivity index (χ3v) is 2.47. The van der Waals surface area contributed by atoms with Gasteiger partial charge in [-0.15, -0.1) is 0 Å². The number of nitrogens with one attached hydrogen (secondary N) is 1. The standard InChI is InChI=1S/C10H9BrN2O2/c1-15-8-3-2-6(11)4-7(8)10-12-5-9(14)13-10/h2-5,14H,1H3,(H,12,13). The summed E-state index contributed by atoms with van der Waals surface area (Å²) in [6, 6.07) is 5.58. The molecule has 0 radical (unpaired) electrons. The number of imidazole rings is 1. The van der Waals surface area contributed by atoms with Gasteiger partial charge in [0.05, 0.1) is 18.9 Å². The number of benzene rings is 1. The topological polar surface area (TPSA) is 58.1 Å². The number of hydrogen-bond donors (Lipinski definition) is 2.